The van der Waals surface area contributed by atoms with E-state index < -0.39 is 0 Å². The summed E-state index contributed by atoms with van der Waals surface area (Å²) in [6, 6.07) is 18.8. The van der Waals surface area contributed by atoms with Crippen LogP contribution in [-0.4, -0.2) is 31.8 Å². The number of unbranched alkanes of at least 4 members (excludes halogenated alkanes) is 11. The molecule has 0 aliphatic heterocycles. The molecule has 0 saturated heterocycles. The van der Waals surface area contributed by atoms with Crippen molar-refractivity contribution in [1.82, 2.24) is 18.7 Å². The highest BCUT2D eigenvalue weighted by molar-refractivity contribution is 7.31. The van der Waals surface area contributed by atoms with E-state index in [1.165, 1.54) is 159 Å². The number of aryl methyl sites for hydroxylation is 2. The second kappa shape index (κ2) is 24.0. The molecule has 0 saturated carbocycles. The molecular weight excluding hydrogens is 903 g/mol. The molecule has 5 nitrogen and oxygen atoms in total. The van der Waals surface area contributed by atoms with Crippen molar-refractivity contribution in [2.24, 2.45) is 5.92 Å². The second-order valence-electron chi connectivity index (χ2n) is 18.1. The predicted molar refractivity (Wildman–Crippen MR) is 296 cm³/mol. The SMILES string of the molecule is CCCCCCCCN(CCCCCCCC)c1ccc(-c2cc3sc(-c4c5nsnc5c(-c5cc6sc(C#CCC(CC)CCCC)cc6s5)c5nc(CC)c(CC)nc45)cc3s2)cc1. The van der Waals surface area contributed by atoms with Crippen LogP contribution in [0, 0.1) is 17.8 Å². The smallest absolute Gasteiger partial charge is 0.116 e. The maximum Gasteiger partial charge on any atom is 0.116 e. The molecule has 8 aromatic rings. The molecule has 0 fully saturated rings. The Morgan fingerprint density at radius 1 is 0.530 bits per heavy atom. The van der Waals surface area contributed by atoms with Gasteiger partial charge in [0, 0.05) is 69.8 Å². The summed E-state index contributed by atoms with van der Waals surface area (Å²) < 4.78 is 15.2. The standard InChI is InChI=1S/C56H69N5S5/c1-7-13-16-18-20-22-32-61(33-23-21-19-17-14-8-2)40-30-28-39(29-31-40)44-35-47-48(63-44)37-50(65-47)52-54-53(57-42(11-5)43(12-6)58-54)51(55-56(52)60-66-59-55)49-36-46-45(64-49)34-41(62-46)27-24-26-38(10-4)25-15-9-3/h28-31,34-38H,7-23,25-26,32-33H2,1-6H3. The maximum atomic E-state index is 5.47. The molecule has 0 radical (unpaired) electrons. The second-order valence-corrected chi connectivity index (χ2v) is 23.0. The number of benzene rings is 2. The molecule has 348 valence electrons. The molecule has 6 heterocycles. The Balaban J connectivity index is 1.07. The van der Waals surface area contributed by atoms with Crippen LogP contribution < -0.4 is 4.90 Å². The highest BCUT2D eigenvalue weighted by Gasteiger charge is 2.26. The first kappa shape index (κ1) is 48.7. The van der Waals surface area contributed by atoms with Gasteiger partial charge in [0.05, 0.1) is 28.0 Å². The molecule has 0 aliphatic carbocycles. The molecule has 0 bridgehead atoms. The summed E-state index contributed by atoms with van der Waals surface area (Å²) in [6.07, 6.45) is 23.7. The lowest BCUT2D eigenvalue weighted by molar-refractivity contribution is 0.462. The summed E-state index contributed by atoms with van der Waals surface area (Å²) in [7, 11) is 0. The zero-order valence-electron chi connectivity index (χ0n) is 40.3. The number of fused-ring (bicyclic) bond motifs is 4. The van der Waals surface area contributed by atoms with Crippen molar-refractivity contribution < 1.29 is 0 Å². The van der Waals surface area contributed by atoms with Gasteiger partial charge in [-0.3, -0.25) is 0 Å². The Labute approximate surface area is 414 Å². The zero-order valence-corrected chi connectivity index (χ0v) is 44.4. The highest BCUT2D eigenvalue weighted by Crippen LogP contribution is 2.49. The number of anilines is 1. The number of nitrogens with zero attached hydrogens (tertiary/aromatic N) is 5. The minimum Gasteiger partial charge on any atom is -0.372 e. The van der Waals surface area contributed by atoms with Crippen molar-refractivity contribution in [1.29, 1.82) is 0 Å². The first-order valence-corrected chi connectivity index (χ1v) is 29.4. The highest BCUT2D eigenvalue weighted by atomic mass is 32.1. The van der Waals surface area contributed by atoms with Crippen LogP contribution in [0.15, 0.2) is 48.5 Å². The summed E-state index contributed by atoms with van der Waals surface area (Å²) in [5.41, 5.74) is 10.6. The van der Waals surface area contributed by atoms with Crippen LogP contribution in [0.25, 0.3) is 72.2 Å². The van der Waals surface area contributed by atoms with E-state index in [4.69, 9.17) is 18.7 Å². The quantitative estimate of drug-likeness (QED) is 0.0422. The number of thiophene rings is 4. The van der Waals surface area contributed by atoms with Crippen molar-refractivity contribution in [3.63, 3.8) is 0 Å². The summed E-state index contributed by atoms with van der Waals surface area (Å²) in [4.78, 5) is 18.4. The van der Waals surface area contributed by atoms with Crippen LogP contribution in [-0.2, 0) is 12.8 Å². The molecular formula is C56H69N5S5. The number of aromatic nitrogens is 4. The van der Waals surface area contributed by atoms with Crippen molar-refractivity contribution in [3.05, 3.63) is 64.8 Å². The van der Waals surface area contributed by atoms with Crippen molar-refractivity contribution in [2.75, 3.05) is 18.0 Å². The summed E-state index contributed by atoms with van der Waals surface area (Å²) in [5.74, 6) is 7.73. The van der Waals surface area contributed by atoms with Gasteiger partial charge in [0.1, 0.15) is 22.1 Å². The van der Waals surface area contributed by atoms with E-state index in [1.54, 1.807) is 11.3 Å². The van der Waals surface area contributed by atoms with E-state index in [0.717, 1.165) is 81.8 Å². The van der Waals surface area contributed by atoms with E-state index in [0.29, 0.717) is 5.92 Å². The van der Waals surface area contributed by atoms with Crippen molar-refractivity contribution >= 4 is 104 Å². The Morgan fingerprint density at radius 3 is 1.56 bits per heavy atom. The Bertz CT molecular complexity index is 2780. The van der Waals surface area contributed by atoms with Gasteiger partial charge in [-0.05, 0) is 80.0 Å². The van der Waals surface area contributed by atoms with Gasteiger partial charge in [-0.15, -0.1) is 45.3 Å². The van der Waals surface area contributed by atoms with Crippen LogP contribution in [0.1, 0.15) is 167 Å². The molecule has 0 spiro atoms. The van der Waals surface area contributed by atoms with Crippen LogP contribution in [0.2, 0.25) is 0 Å². The lowest BCUT2D eigenvalue weighted by Crippen LogP contribution is -2.25. The van der Waals surface area contributed by atoms with Crippen molar-refractivity contribution in [3.8, 4) is 43.2 Å². The molecule has 6 aromatic heterocycles. The largest absolute Gasteiger partial charge is 0.372 e. The van der Waals surface area contributed by atoms with Crippen LogP contribution >= 0.6 is 57.1 Å². The molecule has 8 rings (SSSR count). The monoisotopic (exact) mass is 971 g/mol. The summed E-state index contributed by atoms with van der Waals surface area (Å²) in [5, 5.41) is 0. The Kier molecular flexibility index (Phi) is 17.7. The summed E-state index contributed by atoms with van der Waals surface area (Å²) in [6.45, 7) is 15.9. The van der Waals surface area contributed by atoms with Gasteiger partial charge in [-0.25, -0.2) is 9.97 Å². The van der Waals surface area contributed by atoms with Crippen molar-refractivity contribution in [2.45, 2.75) is 164 Å². The van der Waals surface area contributed by atoms with Gasteiger partial charge in [0.15, 0.2) is 0 Å². The lowest BCUT2D eigenvalue weighted by atomic mass is 9.96. The fraction of sp³-hybridized carbons (Fsp3) is 0.500. The van der Waals surface area contributed by atoms with Gasteiger partial charge in [0.25, 0.3) is 0 Å². The molecule has 0 N–H and O–H groups in total. The molecule has 10 heteroatoms. The molecule has 1 unspecified atom stereocenters. The van der Waals surface area contributed by atoms with E-state index in [1.807, 2.05) is 34.0 Å². The third-order valence-electron chi connectivity index (χ3n) is 13.3. The summed E-state index contributed by atoms with van der Waals surface area (Å²) >= 11 is 8.65. The number of hydrogen-bond donors (Lipinski definition) is 0. The number of hydrogen-bond acceptors (Lipinski definition) is 10. The number of rotatable bonds is 25. The molecule has 2 aromatic carbocycles. The third-order valence-corrected chi connectivity index (χ3v) is 18.4. The predicted octanol–water partition coefficient (Wildman–Crippen LogP) is 18.8. The van der Waals surface area contributed by atoms with Gasteiger partial charge < -0.3 is 4.90 Å². The average Bonchev–Trinajstić information content (AvgIpc) is 4.19. The third kappa shape index (κ3) is 11.4. The fourth-order valence-corrected chi connectivity index (χ4v) is 14.7. The van der Waals surface area contributed by atoms with Gasteiger partial charge >= 0.3 is 0 Å². The first-order valence-electron chi connectivity index (χ1n) is 25.4. The van der Waals surface area contributed by atoms with Crippen LogP contribution in [0.3, 0.4) is 0 Å². The molecule has 66 heavy (non-hydrogen) atoms. The van der Waals surface area contributed by atoms with E-state index in [9.17, 15) is 0 Å². The van der Waals surface area contributed by atoms with Gasteiger partial charge in [0.2, 0.25) is 0 Å². The van der Waals surface area contributed by atoms with Crippen LogP contribution in [0.4, 0.5) is 5.69 Å². The topological polar surface area (TPSA) is 54.8 Å². The molecule has 0 aliphatic rings. The average molecular weight is 973 g/mol. The minimum absolute atomic E-state index is 0.694. The first-order chi connectivity index (χ1) is 32.5. The minimum atomic E-state index is 0.694. The zero-order chi connectivity index (χ0) is 45.8. The lowest BCUT2D eigenvalue weighted by Gasteiger charge is -2.25. The van der Waals surface area contributed by atoms with Gasteiger partial charge in [-0.2, -0.15) is 8.75 Å². The van der Waals surface area contributed by atoms with E-state index in [2.05, 4.69) is 107 Å². The normalized spacial score (nSPS) is 12.3. The maximum absolute atomic E-state index is 5.47. The van der Waals surface area contributed by atoms with Gasteiger partial charge in [-0.1, -0.05) is 149 Å². The Hall–Kier alpha value is -3.72. The van der Waals surface area contributed by atoms with E-state index >= 15 is 0 Å². The van der Waals surface area contributed by atoms with E-state index in [-0.39, 0.29) is 0 Å². The van der Waals surface area contributed by atoms with Crippen LogP contribution in [0.5, 0.6) is 0 Å². The fourth-order valence-electron chi connectivity index (χ4n) is 9.35. The Morgan fingerprint density at radius 2 is 1.03 bits per heavy atom. The molecule has 0 amide bonds. The molecule has 1 atom stereocenters.